The van der Waals surface area contributed by atoms with Gasteiger partial charge in [-0.25, -0.2) is 4.79 Å². The average Bonchev–Trinajstić information content (AvgIpc) is 2.34. The van der Waals surface area contributed by atoms with E-state index in [0.717, 1.165) is 45.1 Å². The van der Waals surface area contributed by atoms with Crippen LogP contribution in [0.5, 0.6) is 0 Å². The number of amides is 1. The molecular weight excluding hydrogens is 268 g/mol. The van der Waals surface area contributed by atoms with Crippen LogP contribution in [0.2, 0.25) is 0 Å². The van der Waals surface area contributed by atoms with Gasteiger partial charge in [-0.05, 0) is 72.8 Å². The van der Waals surface area contributed by atoms with Crippen molar-refractivity contribution in [1.29, 1.82) is 0 Å². The molecule has 0 bridgehead atoms. The number of hydrogen-bond donors (Lipinski definition) is 3. The number of aliphatic hydroxyl groups is 1. The van der Waals surface area contributed by atoms with E-state index in [1.54, 1.807) is 0 Å². The van der Waals surface area contributed by atoms with E-state index in [4.69, 9.17) is 4.74 Å². The van der Waals surface area contributed by atoms with Crippen molar-refractivity contribution in [2.24, 2.45) is 0 Å². The SMILES string of the molecule is CC(O)CCCNC1CCC(NC(=O)OC(C)(C)C)CC1. The number of rotatable bonds is 6. The van der Waals surface area contributed by atoms with E-state index in [1.165, 1.54) is 0 Å². The molecule has 21 heavy (non-hydrogen) atoms. The van der Waals surface area contributed by atoms with Crippen molar-refractivity contribution in [3.8, 4) is 0 Å². The zero-order chi connectivity index (χ0) is 15.9. The van der Waals surface area contributed by atoms with E-state index in [9.17, 15) is 9.90 Å². The number of ether oxygens (including phenoxy) is 1. The summed E-state index contributed by atoms with van der Waals surface area (Å²) >= 11 is 0. The van der Waals surface area contributed by atoms with Crippen LogP contribution >= 0.6 is 0 Å². The van der Waals surface area contributed by atoms with Crippen LogP contribution in [0.4, 0.5) is 4.79 Å². The van der Waals surface area contributed by atoms with Gasteiger partial charge >= 0.3 is 6.09 Å². The van der Waals surface area contributed by atoms with E-state index in [0.29, 0.717) is 6.04 Å². The molecule has 0 aromatic carbocycles. The summed E-state index contributed by atoms with van der Waals surface area (Å²) in [6.45, 7) is 8.41. The lowest BCUT2D eigenvalue weighted by molar-refractivity contribution is 0.0490. The highest BCUT2D eigenvalue weighted by atomic mass is 16.6. The van der Waals surface area contributed by atoms with Crippen LogP contribution < -0.4 is 10.6 Å². The zero-order valence-corrected chi connectivity index (χ0v) is 13.9. The first-order chi connectivity index (χ1) is 9.76. The molecule has 0 radical (unpaired) electrons. The van der Waals surface area contributed by atoms with Crippen molar-refractivity contribution in [2.75, 3.05) is 6.54 Å². The summed E-state index contributed by atoms with van der Waals surface area (Å²) in [4.78, 5) is 11.7. The van der Waals surface area contributed by atoms with Crippen LogP contribution in [0.1, 0.15) is 66.2 Å². The molecule has 124 valence electrons. The third kappa shape index (κ3) is 8.94. The molecular formula is C16H32N2O3. The summed E-state index contributed by atoms with van der Waals surface area (Å²) in [5, 5.41) is 15.7. The van der Waals surface area contributed by atoms with Crippen LogP contribution in [0.25, 0.3) is 0 Å². The molecule has 0 heterocycles. The molecule has 1 atom stereocenters. The van der Waals surface area contributed by atoms with Gasteiger partial charge in [0.15, 0.2) is 0 Å². The van der Waals surface area contributed by atoms with Crippen molar-refractivity contribution in [3.05, 3.63) is 0 Å². The summed E-state index contributed by atoms with van der Waals surface area (Å²) < 4.78 is 5.28. The van der Waals surface area contributed by atoms with Gasteiger partial charge in [-0.1, -0.05) is 0 Å². The summed E-state index contributed by atoms with van der Waals surface area (Å²) in [7, 11) is 0. The summed E-state index contributed by atoms with van der Waals surface area (Å²) in [6, 6.07) is 0.769. The lowest BCUT2D eigenvalue weighted by Gasteiger charge is -2.30. The highest BCUT2D eigenvalue weighted by molar-refractivity contribution is 5.68. The van der Waals surface area contributed by atoms with Crippen LogP contribution in [0.15, 0.2) is 0 Å². The molecule has 1 rings (SSSR count). The molecule has 0 aromatic heterocycles. The lowest BCUT2D eigenvalue weighted by Crippen LogP contribution is -2.44. The van der Waals surface area contributed by atoms with Crippen molar-refractivity contribution >= 4 is 6.09 Å². The van der Waals surface area contributed by atoms with Gasteiger partial charge < -0.3 is 20.5 Å². The third-order valence-electron chi connectivity index (χ3n) is 3.68. The zero-order valence-electron chi connectivity index (χ0n) is 13.9. The number of hydrogen-bond acceptors (Lipinski definition) is 4. The monoisotopic (exact) mass is 300 g/mol. The molecule has 1 saturated carbocycles. The molecule has 5 nitrogen and oxygen atoms in total. The van der Waals surface area contributed by atoms with Gasteiger partial charge in [0.1, 0.15) is 5.60 Å². The van der Waals surface area contributed by atoms with E-state index < -0.39 is 5.60 Å². The third-order valence-corrected chi connectivity index (χ3v) is 3.68. The second-order valence-corrected chi connectivity index (χ2v) is 7.14. The Labute approximate surface area is 128 Å². The number of carbonyl (C=O) groups excluding carboxylic acids is 1. The Balaban J connectivity index is 2.13. The predicted octanol–water partition coefficient (Wildman–Crippen LogP) is 2.57. The Hall–Kier alpha value is -0.810. The molecule has 5 heteroatoms. The Bertz CT molecular complexity index is 305. The molecule has 0 spiro atoms. The number of nitrogens with one attached hydrogen (secondary N) is 2. The minimum absolute atomic E-state index is 0.208. The molecule has 0 aliphatic heterocycles. The molecule has 1 aliphatic rings. The fourth-order valence-corrected chi connectivity index (χ4v) is 2.62. The second kappa shape index (κ2) is 8.59. The number of alkyl carbamates (subject to hydrolysis) is 1. The Morgan fingerprint density at radius 3 is 2.33 bits per heavy atom. The minimum Gasteiger partial charge on any atom is -0.444 e. The smallest absolute Gasteiger partial charge is 0.407 e. The number of carbonyl (C=O) groups is 1. The summed E-state index contributed by atoms with van der Waals surface area (Å²) in [5.41, 5.74) is -0.438. The maximum Gasteiger partial charge on any atom is 0.407 e. The maximum atomic E-state index is 11.7. The van der Waals surface area contributed by atoms with Gasteiger partial charge in [0, 0.05) is 12.1 Å². The van der Waals surface area contributed by atoms with Gasteiger partial charge in [-0.2, -0.15) is 0 Å². The van der Waals surface area contributed by atoms with Crippen molar-refractivity contribution < 1.29 is 14.6 Å². The van der Waals surface area contributed by atoms with Crippen LogP contribution in [0.3, 0.4) is 0 Å². The number of aliphatic hydroxyl groups excluding tert-OH is 1. The van der Waals surface area contributed by atoms with Crippen LogP contribution in [-0.4, -0.2) is 41.5 Å². The fraction of sp³-hybridized carbons (Fsp3) is 0.938. The maximum absolute atomic E-state index is 11.7. The largest absolute Gasteiger partial charge is 0.444 e. The molecule has 1 amide bonds. The van der Waals surface area contributed by atoms with E-state index in [2.05, 4.69) is 10.6 Å². The van der Waals surface area contributed by atoms with E-state index in [1.807, 2.05) is 27.7 Å². The fourth-order valence-electron chi connectivity index (χ4n) is 2.62. The topological polar surface area (TPSA) is 70.6 Å². The standard InChI is InChI=1S/C16H32N2O3/c1-12(19)6-5-11-17-13-7-9-14(10-8-13)18-15(20)21-16(2,3)4/h12-14,17,19H,5-11H2,1-4H3,(H,18,20). The van der Waals surface area contributed by atoms with Gasteiger partial charge in [-0.3, -0.25) is 0 Å². The lowest BCUT2D eigenvalue weighted by atomic mass is 9.91. The van der Waals surface area contributed by atoms with Crippen molar-refractivity contribution in [3.63, 3.8) is 0 Å². The first-order valence-corrected chi connectivity index (χ1v) is 8.17. The minimum atomic E-state index is -0.438. The molecule has 3 N–H and O–H groups in total. The van der Waals surface area contributed by atoms with Crippen LogP contribution in [0, 0.1) is 0 Å². The first kappa shape index (κ1) is 18.2. The van der Waals surface area contributed by atoms with Gasteiger partial charge in [0.25, 0.3) is 0 Å². The normalized spacial score (nSPS) is 24.4. The Kier molecular flexibility index (Phi) is 7.46. The average molecular weight is 300 g/mol. The van der Waals surface area contributed by atoms with E-state index >= 15 is 0 Å². The Morgan fingerprint density at radius 2 is 1.81 bits per heavy atom. The first-order valence-electron chi connectivity index (χ1n) is 8.17. The van der Waals surface area contributed by atoms with Crippen molar-refractivity contribution in [2.45, 2.75) is 90.0 Å². The van der Waals surface area contributed by atoms with Crippen LogP contribution in [-0.2, 0) is 4.74 Å². The van der Waals surface area contributed by atoms with Gasteiger partial charge in [0.2, 0.25) is 0 Å². The highest BCUT2D eigenvalue weighted by Crippen LogP contribution is 2.19. The predicted molar refractivity (Wildman–Crippen MR) is 84.3 cm³/mol. The van der Waals surface area contributed by atoms with E-state index in [-0.39, 0.29) is 18.2 Å². The second-order valence-electron chi connectivity index (χ2n) is 7.14. The quantitative estimate of drug-likeness (QED) is 0.659. The highest BCUT2D eigenvalue weighted by Gasteiger charge is 2.24. The summed E-state index contributed by atoms with van der Waals surface area (Å²) in [6.07, 6.45) is 5.48. The Morgan fingerprint density at radius 1 is 1.24 bits per heavy atom. The van der Waals surface area contributed by atoms with Crippen molar-refractivity contribution in [1.82, 2.24) is 10.6 Å². The molecule has 0 saturated heterocycles. The van der Waals surface area contributed by atoms with Gasteiger partial charge in [0.05, 0.1) is 6.10 Å². The molecule has 1 unspecified atom stereocenters. The molecule has 0 aromatic rings. The molecule has 1 aliphatic carbocycles. The van der Waals surface area contributed by atoms with Gasteiger partial charge in [-0.15, -0.1) is 0 Å². The molecule has 1 fully saturated rings. The summed E-state index contributed by atoms with van der Waals surface area (Å²) in [5.74, 6) is 0.